The number of hydrogen-bond acceptors (Lipinski definition) is 4. The highest BCUT2D eigenvalue weighted by molar-refractivity contribution is 5.78. The first-order valence-electron chi connectivity index (χ1n) is 9.16. The predicted octanol–water partition coefficient (Wildman–Crippen LogP) is 1.99. The lowest BCUT2D eigenvalue weighted by Gasteiger charge is -2.52. The van der Waals surface area contributed by atoms with Crippen LogP contribution in [0.3, 0.4) is 0 Å². The number of likely N-dealkylation sites (N-methyl/N-ethyl adjacent to an activating group) is 1. The normalized spacial score (nSPS) is 25.6. The second-order valence-electron chi connectivity index (χ2n) is 7.60. The van der Waals surface area contributed by atoms with Crippen molar-refractivity contribution in [2.45, 2.75) is 44.2 Å². The van der Waals surface area contributed by atoms with Crippen LogP contribution in [0.15, 0.2) is 24.5 Å². The van der Waals surface area contributed by atoms with E-state index in [2.05, 4.69) is 45.9 Å². The molecule has 1 atom stereocenters. The molecule has 2 fully saturated rings. The number of carbonyl (C=O) groups excluding carboxylic acids is 1. The third kappa shape index (κ3) is 3.95. The largest absolute Gasteiger partial charge is 0.334 e. The number of piperidine rings is 2. The van der Waals surface area contributed by atoms with Gasteiger partial charge in [-0.05, 0) is 64.0 Å². The second kappa shape index (κ2) is 7.62. The van der Waals surface area contributed by atoms with Gasteiger partial charge in [-0.3, -0.25) is 14.7 Å². The molecule has 1 spiro atoms. The van der Waals surface area contributed by atoms with Crippen LogP contribution in [0.5, 0.6) is 0 Å². The summed E-state index contributed by atoms with van der Waals surface area (Å²) in [5.74, 6) is 0.355. The van der Waals surface area contributed by atoms with E-state index < -0.39 is 0 Å². The standard InChI is InChI=1S/C19H30N4O/c1-21(2)13-14-23-18(24)5-3-8-19(23)9-4-12-22(16-19)15-17-6-10-20-11-7-17/h6-7,10-11H,3-5,8-9,12-16H2,1-2H3. The van der Waals surface area contributed by atoms with E-state index in [0.29, 0.717) is 5.91 Å². The Morgan fingerprint density at radius 1 is 1.21 bits per heavy atom. The lowest BCUT2D eigenvalue weighted by Crippen LogP contribution is -2.63. The average Bonchev–Trinajstić information content (AvgIpc) is 2.55. The van der Waals surface area contributed by atoms with E-state index in [-0.39, 0.29) is 5.54 Å². The van der Waals surface area contributed by atoms with Gasteiger partial charge in [0.2, 0.25) is 5.91 Å². The van der Waals surface area contributed by atoms with Crippen molar-refractivity contribution < 1.29 is 4.79 Å². The van der Waals surface area contributed by atoms with Crippen LogP contribution in [0.25, 0.3) is 0 Å². The highest BCUT2D eigenvalue weighted by Gasteiger charge is 2.44. The van der Waals surface area contributed by atoms with Gasteiger partial charge in [-0.15, -0.1) is 0 Å². The molecule has 0 N–H and O–H groups in total. The zero-order chi connectivity index (χ0) is 17.0. The van der Waals surface area contributed by atoms with Crippen LogP contribution in [0.2, 0.25) is 0 Å². The van der Waals surface area contributed by atoms with Gasteiger partial charge >= 0.3 is 0 Å². The molecule has 132 valence electrons. The summed E-state index contributed by atoms with van der Waals surface area (Å²) in [6, 6.07) is 4.19. The van der Waals surface area contributed by atoms with E-state index in [1.54, 1.807) is 0 Å². The van der Waals surface area contributed by atoms with Gasteiger partial charge in [0.1, 0.15) is 0 Å². The van der Waals surface area contributed by atoms with Crippen molar-refractivity contribution in [1.82, 2.24) is 19.7 Å². The van der Waals surface area contributed by atoms with Gasteiger partial charge in [0.15, 0.2) is 0 Å². The fraction of sp³-hybridized carbons (Fsp3) is 0.684. The van der Waals surface area contributed by atoms with Crippen molar-refractivity contribution in [3.8, 4) is 0 Å². The number of hydrogen-bond donors (Lipinski definition) is 0. The smallest absolute Gasteiger partial charge is 0.223 e. The van der Waals surface area contributed by atoms with Gasteiger partial charge in [0, 0.05) is 45.0 Å². The molecule has 2 saturated heterocycles. The summed E-state index contributed by atoms with van der Waals surface area (Å²) in [5, 5.41) is 0. The van der Waals surface area contributed by atoms with Crippen LogP contribution >= 0.6 is 0 Å². The lowest BCUT2D eigenvalue weighted by molar-refractivity contribution is -0.146. The molecular formula is C19H30N4O. The SMILES string of the molecule is CN(C)CCN1C(=O)CCCC12CCCN(Cc1ccncc1)C2. The van der Waals surface area contributed by atoms with Gasteiger partial charge in [-0.1, -0.05) is 0 Å². The fourth-order valence-electron chi connectivity index (χ4n) is 4.28. The summed E-state index contributed by atoms with van der Waals surface area (Å²) in [7, 11) is 4.16. The van der Waals surface area contributed by atoms with Crippen LogP contribution < -0.4 is 0 Å². The minimum Gasteiger partial charge on any atom is -0.334 e. The van der Waals surface area contributed by atoms with Crippen molar-refractivity contribution in [1.29, 1.82) is 0 Å². The van der Waals surface area contributed by atoms with Crippen molar-refractivity contribution in [3.05, 3.63) is 30.1 Å². The van der Waals surface area contributed by atoms with Crippen molar-refractivity contribution in [2.24, 2.45) is 0 Å². The zero-order valence-electron chi connectivity index (χ0n) is 15.1. The summed E-state index contributed by atoms with van der Waals surface area (Å²) in [4.78, 5) is 23.7. The molecule has 1 unspecified atom stereocenters. The second-order valence-corrected chi connectivity index (χ2v) is 7.60. The maximum Gasteiger partial charge on any atom is 0.223 e. The van der Waals surface area contributed by atoms with Crippen molar-refractivity contribution >= 4 is 5.91 Å². The quantitative estimate of drug-likeness (QED) is 0.828. The molecule has 5 heteroatoms. The Labute approximate surface area is 145 Å². The Balaban J connectivity index is 1.72. The molecule has 0 saturated carbocycles. The highest BCUT2D eigenvalue weighted by atomic mass is 16.2. The number of aromatic nitrogens is 1. The summed E-state index contributed by atoms with van der Waals surface area (Å²) in [6.07, 6.45) is 8.97. The van der Waals surface area contributed by atoms with E-state index in [1.807, 2.05) is 12.4 Å². The van der Waals surface area contributed by atoms with Gasteiger partial charge in [-0.25, -0.2) is 0 Å². The number of likely N-dealkylation sites (tertiary alicyclic amines) is 2. The molecule has 0 bridgehead atoms. The molecule has 3 rings (SSSR count). The van der Waals surface area contributed by atoms with Crippen LogP contribution in [0, 0.1) is 0 Å². The third-order valence-corrected chi connectivity index (χ3v) is 5.47. The Morgan fingerprint density at radius 2 is 1.96 bits per heavy atom. The Hall–Kier alpha value is -1.46. The highest BCUT2D eigenvalue weighted by Crippen LogP contribution is 2.37. The van der Waals surface area contributed by atoms with E-state index in [4.69, 9.17) is 0 Å². The monoisotopic (exact) mass is 330 g/mol. The molecule has 1 aromatic heterocycles. The molecule has 2 aliphatic rings. The Kier molecular flexibility index (Phi) is 5.51. The summed E-state index contributed by atoms with van der Waals surface area (Å²) in [5.41, 5.74) is 1.36. The van der Waals surface area contributed by atoms with Crippen molar-refractivity contribution in [3.63, 3.8) is 0 Å². The Morgan fingerprint density at radius 3 is 2.71 bits per heavy atom. The van der Waals surface area contributed by atoms with E-state index in [9.17, 15) is 4.79 Å². The summed E-state index contributed by atoms with van der Waals surface area (Å²) < 4.78 is 0. The topological polar surface area (TPSA) is 39.7 Å². The number of rotatable bonds is 5. The number of amides is 1. The molecule has 0 aliphatic carbocycles. The van der Waals surface area contributed by atoms with Crippen LogP contribution in [-0.4, -0.2) is 71.4 Å². The maximum atomic E-state index is 12.6. The first-order chi connectivity index (χ1) is 11.6. The lowest BCUT2D eigenvalue weighted by atomic mass is 9.79. The molecule has 5 nitrogen and oxygen atoms in total. The molecule has 0 aromatic carbocycles. The molecule has 2 aliphatic heterocycles. The van der Waals surface area contributed by atoms with Crippen LogP contribution in [-0.2, 0) is 11.3 Å². The van der Waals surface area contributed by atoms with Gasteiger partial charge in [0.05, 0.1) is 5.54 Å². The minimum atomic E-state index is 0.0522. The molecule has 0 radical (unpaired) electrons. The van der Waals surface area contributed by atoms with Crippen LogP contribution in [0.4, 0.5) is 0 Å². The molecule has 1 amide bonds. The predicted molar refractivity (Wildman–Crippen MR) is 95.6 cm³/mol. The molecular weight excluding hydrogens is 300 g/mol. The maximum absolute atomic E-state index is 12.6. The van der Waals surface area contributed by atoms with E-state index in [0.717, 1.165) is 58.4 Å². The zero-order valence-corrected chi connectivity index (χ0v) is 15.1. The minimum absolute atomic E-state index is 0.0522. The summed E-state index contributed by atoms with van der Waals surface area (Å²) >= 11 is 0. The van der Waals surface area contributed by atoms with Gasteiger partial charge in [0.25, 0.3) is 0 Å². The average molecular weight is 330 g/mol. The van der Waals surface area contributed by atoms with Crippen molar-refractivity contribution in [2.75, 3.05) is 40.3 Å². The molecule has 24 heavy (non-hydrogen) atoms. The molecule has 1 aromatic rings. The van der Waals surface area contributed by atoms with Crippen LogP contribution in [0.1, 0.15) is 37.7 Å². The fourth-order valence-corrected chi connectivity index (χ4v) is 4.28. The third-order valence-electron chi connectivity index (χ3n) is 5.47. The van der Waals surface area contributed by atoms with E-state index >= 15 is 0 Å². The first-order valence-corrected chi connectivity index (χ1v) is 9.16. The number of nitrogens with zero attached hydrogens (tertiary/aromatic N) is 4. The molecule has 3 heterocycles. The van der Waals surface area contributed by atoms with E-state index in [1.165, 1.54) is 12.0 Å². The number of pyridine rings is 1. The first kappa shape index (κ1) is 17.4. The van der Waals surface area contributed by atoms with Gasteiger partial charge in [-0.2, -0.15) is 0 Å². The number of carbonyl (C=O) groups is 1. The summed E-state index contributed by atoms with van der Waals surface area (Å²) in [6.45, 7) is 4.89. The van der Waals surface area contributed by atoms with Gasteiger partial charge < -0.3 is 9.80 Å². The Bertz CT molecular complexity index is 544.